The average molecular weight is 347 g/mol. The fourth-order valence-electron chi connectivity index (χ4n) is 3.04. The molecule has 1 aromatic carbocycles. The van der Waals surface area contributed by atoms with Crippen LogP contribution in [-0.2, 0) is 0 Å². The standard InChI is InChI=1S/C18H22N2OS2/c1-12-6-4-5-7-15(12)16-8-9-20(10-11-22-16)18(21)17-13(2)19-14(3)23-17/h4-7,16H,8-11H2,1-3H3/t16-/m1/s1. The van der Waals surface area contributed by atoms with Gasteiger partial charge in [-0.1, -0.05) is 24.3 Å². The van der Waals surface area contributed by atoms with Gasteiger partial charge in [-0.3, -0.25) is 4.79 Å². The summed E-state index contributed by atoms with van der Waals surface area (Å²) in [7, 11) is 0. The van der Waals surface area contributed by atoms with Crippen LogP contribution in [0.4, 0.5) is 0 Å². The molecular formula is C18H22N2OS2. The zero-order valence-electron chi connectivity index (χ0n) is 13.8. The third-order valence-corrected chi connectivity index (χ3v) is 6.63. The minimum Gasteiger partial charge on any atom is -0.337 e. The Bertz CT molecular complexity index is 711. The van der Waals surface area contributed by atoms with E-state index in [4.69, 9.17) is 0 Å². The molecule has 2 aromatic rings. The number of aryl methyl sites for hydroxylation is 3. The van der Waals surface area contributed by atoms with Crippen molar-refractivity contribution in [3.8, 4) is 0 Å². The van der Waals surface area contributed by atoms with E-state index in [1.807, 2.05) is 30.5 Å². The molecule has 0 bridgehead atoms. The lowest BCUT2D eigenvalue weighted by atomic mass is 10.0. The van der Waals surface area contributed by atoms with E-state index in [9.17, 15) is 4.79 Å². The van der Waals surface area contributed by atoms with Crippen LogP contribution in [-0.4, -0.2) is 34.6 Å². The van der Waals surface area contributed by atoms with Gasteiger partial charge in [0.2, 0.25) is 0 Å². The summed E-state index contributed by atoms with van der Waals surface area (Å²) >= 11 is 3.48. The summed E-state index contributed by atoms with van der Waals surface area (Å²) in [4.78, 5) is 20.0. The van der Waals surface area contributed by atoms with Crippen molar-refractivity contribution in [3.05, 3.63) is 51.0 Å². The molecule has 1 atom stereocenters. The van der Waals surface area contributed by atoms with Gasteiger partial charge < -0.3 is 4.90 Å². The number of aromatic nitrogens is 1. The van der Waals surface area contributed by atoms with E-state index in [0.29, 0.717) is 5.25 Å². The summed E-state index contributed by atoms with van der Waals surface area (Å²) in [5, 5.41) is 1.45. The number of hydrogen-bond acceptors (Lipinski definition) is 4. The summed E-state index contributed by atoms with van der Waals surface area (Å²) in [6.45, 7) is 7.71. The van der Waals surface area contributed by atoms with Gasteiger partial charge in [-0.05, 0) is 38.3 Å². The number of thioether (sulfide) groups is 1. The second-order valence-electron chi connectivity index (χ2n) is 5.94. The largest absolute Gasteiger partial charge is 0.337 e. The zero-order valence-corrected chi connectivity index (χ0v) is 15.5. The number of amides is 1. The van der Waals surface area contributed by atoms with Crippen molar-refractivity contribution in [2.45, 2.75) is 32.4 Å². The summed E-state index contributed by atoms with van der Waals surface area (Å²) in [5.74, 6) is 1.14. The smallest absolute Gasteiger partial charge is 0.265 e. The molecule has 122 valence electrons. The summed E-state index contributed by atoms with van der Waals surface area (Å²) < 4.78 is 0. The molecule has 1 amide bonds. The topological polar surface area (TPSA) is 33.2 Å². The number of hydrogen-bond donors (Lipinski definition) is 0. The summed E-state index contributed by atoms with van der Waals surface area (Å²) in [6, 6.07) is 8.60. The van der Waals surface area contributed by atoms with E-state index in [2.05, 4.69) is 36.2 Å². The normalized spacial score (nSPS) is 18.7. The molecule has 3 rings (SSSR count). The molecule has 1 aliphatic heterocycles. The molecule has 3 nitrogen and oxygen atoms in total. The summed E-state index contributed by atoms with van der Waals surface area (Å²) in [6.07, 6.45) is 1.01. The number of carbonyl (C=O) groups excluding carboxylic acids is 1. The van der Waals surface area contributed by atoms with Gasteiger partial charge in [-0.2, -0.15) is 11.8 Å². The second kappa shape index (κ2) is 7.05. The highest BCUT2D eigenvalue weighted by Gasteiger charge is 2.25. The lowest BCUT2D eigenvalue weighted by molar-refractivity contribution is 0.0770. The van der Waals surface area contributed by atoms with E-state index in [-0.39, 0.29) is 5.91 Å². The van der Waals surface area contributed by atoms with E-state index in [1.54, 1.807) is 0 Å². The SMILES string of the molecule is Cc1nc(C)c(C(=O)N2CCS[C@@H](c3ccccc3C)CC2)s1. The maximum Gasteiger partial charge on any atom is 0.265 e. The lowest BCUT2D eigenvalue weighted by Gasteiger charge is -2.20. The highest BCUT2D eigenvalue weighted by molar-refractivity contribution is 7.99. The van der Waals surface area contributed by atoms with Crippen molar-refractivity contribution >= 4 is 29.0 Å². The van der Waals surface area contributed by atoms with Gasteiger partial charge >= 0.3 is 0 Å². The number of benzene rings is 1. The Kier molecular flexibility index (Phi) is 5.07. The molecule has 0 spiro atoms. The van der Waals surface area contributed by atoms with Gasteiger partial charge in [0.25, 0.3) is 5.91 Å². The van der Waals surface area contributed by atoms with Crippen LogP contribution in [0.3, 0.4) is 0 Å². The Morgan fingerprint density at radius 3 is 2.70 bits per heavy atom. The molecular weight excluding hydrogens is 324 g/mol. The monoisotopic (exact) mass is 346 g/mol. The Hall–Kier alpha value is -1.33. The van der Waals surface area contributed by atoms with Crippen LogP contribution in [0.25, 0.3) is 0 Å². The van der Waals surface area contributed by atoms with Gasteiger partial charge in [0, 0.05) is 24.1 Å². The maximum atomic E-state index is 12.8. The predicted octanol–water partition coefficient (Wildman–Crippen LogP) is 4.39. The van der Waals surface area contributed by atoms with Crippen LogP contribution < -0.4 is 0 Å². The maximum absolute atomic E-state index is 12.8. The molecule has 0 saturated carbocycles. The first-order chi connectivity index (χ1) is 11.1. The highest BCUT2D eigenvalue weighted by atomic mass is 32.2. The van der Waals surface area contributed by atoms with E-state index < -0.39 is 0 Å². The van der Waals surface area contributed by atoms with Gasteiger partial charge in [-0.25, -0.2) is 4.98 Å². The van der Waals surface area contributed by atoms with Crippen molar-refractivity contribution < 1.29 is 4.79 Å². The lowest BCUT2D eigenvalue weighted by Crippen LogP contribution is -2.32. The summed E-state index contributed by atoms with van der Waals surface area (Å²) in [5.41, 5.74) is 3.63. The fraction of sp³-hybridized carbons (Fsp3) is 0.444. The first-order valence-corrected chi connectivity index (χ1v) is 9.83. The third-order valence-electron chi connectivity index (χ3n) is 4.26. The molecule has 1 fully saturated rings. The van der Waals surface area contributed by atoms with Crippen molar-refractivity contribution in [1.82, 2.24) is 9.88 Å². The second-order valence-corrected chi connectivity index (χ2v) is 8.46. The number of nitrogens with zero attached hydrogens (tertiary/aromatic N) is 2. The number of carbonyl (C=O) groups is 1. The highest BCUT2D eigenvalue weighted by Crippen LogP contribution is 2.36. The van der Waals surface area contributed by atoms with Crippen LogP contribution in [0, 0.1) is 20.8 Å². The fourth-order valence-corrected chi connectivity index (χ4v) is 5.26. The van der Waals surface area contributed by atoms with Crippen molar-refractivity contribution in [1.29, 1.82) is 0 Å². The minimum atomic E-state index is 0.152. The Labute approximate surface area is 146 Å². The van der Waals surface area contributed by atoms with Crippen molar-refractivity contribution in [2.75, 3.05) is 18.8 Å². The Morgan fingerprint density at radius 1 is 1.22 bits per heavy atom. The van der Waals surface area contributed by atoms with Crippen molar-refractivity contribution in [3.63, 3.8) is 0 Å². The molecule has 2 heterocycles. The van der Waals surface area contributed by atoms with E-state index in [1.165, 1.54) is 22.5 Å². The molecule has 0 aliphatic carbocycles. The Balaban J connectivity index is 1.73. The average Bonchev–Trinajstić information content (AvgIpc) is 2.74. The predicted molar refractivity (Wildman–Crippen MR) is 98.5 cm³/mol. The van der Waals surface area contributed by atoms with Crippen molar-refractivity contribution in [2.24, 2.45) is 0 Å². The van der Waals surface area contributed by atoms with Crippen LogP contribution in [0.2, 0.25) is 0 Å². The first kappa shape index (κ1) is 16.5. The van der Waals surface area contributed by atoms with Gasteiger partial charge in [0.15, 0.2) is 0 Å². The van der Waals surface area contributed by atoms with Crippen LogP contribution >= 0.6 is 23.1 Å². The van der Waals surface area contributed by atoms with Crippen LogP contribution in [0.1, 0.15) is 43.2 Å². The molecule has 0 unspecified atom stereocenters. The quantitative estimate of drug-likeness (QED) is 0.808. The molecule has 1 aliphatic rings. The van der Waals surface area contributed by atoms with Gasteiger partial charge in [-0.15, -0.1) is 11.3 Å². The van der Waals surface area contributed by atoms with Crippen LogP contribution in [0.15, 0.2) is 24.3 Å². The molecule has 5 heteroatoms. The minimum absolute atomic E-state index is 0.152. The molecule has 1 aromatic heterocycles. The number of thiazole rings is 1. The van der Waals surface area contributed by atoms with Crippen LogP contribution in [0.5, 0.6) is 0 Å². The zero-order chi connectivity index (χ0) is 16.4. The number of rotatable bonds is 2. The molecule has 23 heavy (non-hydrogen) atoms. The molecule has 0 N–H and O–H groups in total. The third kappa shape index (κ3) is 3.61. The van der Waals surface area contributed by atoms with E-state index >= 15 is 0 Å². The van der Waals surface area contributed by atoms with Gasteiger partial charge in [0.1, 0.15) is 4.88 Å². The molecule has 1 saturated heterocycles. The first-order valence-electron chi connectivity index (χ1n) is 7.96. The van der Waals surface area contributed by atoms with Gasteiger partial charge in [0.05, 0.1) is 10.7 Å². The Morgan fingerprint density at radius 2 is 2.00 bits per heavy atom. The molecule has 0 radical (unpaired) electrons. The van der Waals surface area contributed by atoms with E-state index in [0.717, 1.165) is 40.8 Å².